The van der Waals surface area contributed by atoms with Crippen molar-refractivity contribution < 1.29 is 24.8 Å². The Morgan fingerprint density at radius 1 is 1.23 bits per heavy atom. The molecule has 3 rings (SSSR count). The number of aryl methyl sites for hydroxylation is 1. The topological polar surface area (TPSA) is 94.8 Å². The van der Waals surface area contributed by atoms with Crippen LogP contribution < -0.4 is 4.74 Å². The van der Waals surface area contributed by atoms with Crippen molar-refractivity contribution in [3.05, 3.63) is 29.8 Å². The zero-order valence-corrected chi connectivity index (χ0v) is 16.0. The van der Waals surface area contributed by atoms with Crippen LogP contribution in [0.1, 0.15) is 12.0 Å². The van der Waals surface area contributed by atoms with Crippen molar-refractivity contribution in [2.75, 3.05) is 21.2 Å². The molecule has 1 fully saturated rings. The Kier molecular flexibility index (Phi) is 6.09. The molecule has 26 heavy (non-hydrogen) atoms. The third-order valence-corrected chi connectivity index (χ3v) is 6.04. The second-order valence-corrected chi connectivity index (χ2v) is 7.88. The van der Waals surface area contributed by atoms with Crippen LogP contribution in [0.5, 0.6) is 5.75 Å². The van der Waals surface area contributed by atoms with E-state index in [1.54, 1.807) is 7.11 Å². The molecule has 0 bridgehead atoms. The van der Waals surface area contributed by atoms with Gasteiger partial charge in [0.15, 0.2) is 5.17 Å². The largest absolute Gasteiger partial charge is 0.497 e. The number of aliphatic hydroxyl groups excluding tert-OH is 3. The summed E-state index contributed by atoms with van der Waals surface area (Å²) in [7, 11) is 5.35. The quantitative estimate of drug-likeness (QED) is 0.681. The molecule has 6 atom stereocenters. The SMILES string of the molecule is COc1ccc(CC[C@@H](O)[C@H]2O[C@@H]3SC(N(C)C)=N[C@@H]3[C@@H](O)[C@@H]2O)cc1. The van der Waals surface area contributed by atoms with E-state index in [0.29, 0.717) is 12.8 Å². The molecule has 3 N–H and O–H groups in total. The van der Waals surface area contributed by atoms with Crippen LogP contribution in [0.3, 0.4) is 0 Å². The third kappa shape index (κ3) is 3.99. The van der Waals surface area contributed by atoms with Gasteiger partial charge in [0.05, 0.1) is 13.2 Å². The van der Waals surface area contributed by atoms with Gasteiger partial charge in [0, 0.05) is 14.1 Å². The van der Waals surface area contributed by atoms with Gasteiger partial charge in [-0.1, -0.05) is 23.9 Å². The normalized spacial score (nSPS) is 31.9. The highest BCUT2D eigenvalue weighted by molar-refractivity contribution is 8.14. The first-order valence-electron chi connectivity index (χ1n) is 8.65. The van der Waals surface area contributed by atoms with Crippen molar-refractivity contribution in [3.63, 3.8) is 0 Å². The number of hydrogen-bond donors (Lipinski definition) is 3. The highest BCUT2D eigenvalue weighted by atomic mass is 32.2. The summed E-state index contributed by atoms with van der Waals surface area (Å²) in [4.78, 5) is 6.27. The number of rotatable bonds is 5. The Bertz CT molecular complexity index is 639. The van der Waals surface area contributed by atoms with Gasteiger partial charge in [0.2, 0.25) is 0 Å². The molecule has 8 heteroatoms. The van der Waals surface area contributed by atoms with Gasteiger partial charge in [-0.05, 0) is 30.5 Å². The zero-order valence-electron chi connectivity index (χ0n) is 15.1. The van der Waals surface area contributed by atoms with E-state index < -0.39 is 35.9 Å². The molecule has 1 saturated heterocycles. The summed E-state index contributed by atoms with van der Waals surface area (Å²) in [6.45, 7) is 0. The van der Waals surface area contributed by atoms with Gasteiger partial charge in [-0.15, -0.1) is 0 Å². The maximum Gasteiger partial charge on any atom is 0.161 e. The van der Waals surface area contributed by atoms with Crippen molar-refractivity contribution in [2.45, 2.75) is 48.7 Å². The van der Waals surface area contributed by atoms with Crippen molar-refractivity contribution in [3.8, 4) is 5.75 Å². The van der Waals surface area contributed by atoms with E-state index in [-0.39, 0.29) is 0 Å². The van der Waals surface area contributed by atoms with Crippen LogP contribution in [0.2, 0.25) is 0 Å². The highest BCUT2D eigenvalue weighted by Gasteiger charge is 2.50. The Balaban J connectivity index is 1.60. The van der Waals surface area contributed by atoms with Crippen molar-refractivity contribution in [2.24, 2.45) is 4.99 Å². The van der Waals surface area contributed by atoms with Gasteiger partial charge in [0.25, 0.3) is 0 Å². The number of fused-ring (bicyclic) bond motifs is 1. The second kappa shape index (κ2) is 8.14. The molecule has 1 aromatic carbocycles. The number of hydrogen-bond acceptors (Lipinski definition) is 8. The predicted molar refractivity (Wildman–Crippen MR) is 100 cm³/mol. The van der Waals surface area contributed by atoms with Crippen LogP contribution in [0.4, 0.5) is 0 Å². The average Bonchev–Trinajstić information content (AvgIpc) is 3.08. The molecule has 0 aliphatic carbocycles. The van der Waals surface area contributed by atoms with Gasteiger partial charge in [-0.3, -0.25) is 4.99 Å². The van der Waals surface area contributed by atoms with Gasteiger partial charge in [-0.2, -0.15) is 0 Å². The molecule has 0 aromatic heterocycles. The molecule has 0 amide bonds. The fourth-order valence-electron chi connectivity index (χ4n) is 3.18. The van der Waals surface area contributed by atoms with E-state index in [2.05, 4.69) is 4.99 Å². The number of aliphatic imine (C=N–C) groups is 1. The number of nitrogens with zero attached hydrogens (tertiary/aromatic N) is 2. The average molecular weight is 382 g/mol. The lowest BCUT2D eigenvalue weighted by Gasteiger charge is -2.40. The number of amidine groups is 1. The molecule has 0 spiro atoms. The van der Waals surface area contributed by atoms with Crippen LogP contribution in [0.15, 0.2) is 29.3 Å². The summed E-state index contributed by atoms with van der Waals surface area (Å²) < 4.78 is 11.0. The lowest BCUT2D eigenvalue weighted by atomic mass is 9.92. The fourth-order valence-corrected chi connectivity index (χ4v) is 4.33. The molecular weight excluding hydrogens is 356 g/mol. The van der Waals surface area contributed by atoms with Gasteiger partial charge >= 0.3 is 0 Å². The van der Waals surface area contributed by atoms with E-state index in [1.807, 2.05) is 43.3 Å². The minimum atomic E-state index is -1.17. The van der Waals surface area contributed by atoms with Gasteiger partial charge < -0.3 is 29.7 Å². The molecule has 144 valence electrons. The smallest absolute Gasteiger partial charge is 0.161 e. The molecule has 0 unspecified atom stereocenters. The first-order chi connectivity index (χ1) is 12.4. The maximum absolute atomic E-state index is 10.5. The molecule has 2 heterocycles. The third-order valence-electron chi connectivity index (χ3n) is 4.74. The second-order valence-electron chi connectivity index (χ2n) is 6.82. The summed E-state index contributed by atoms with van der Waals surface area (Å²) in [6.07, 6.45) is -2.90. The summed E-state index contributed by atoms with van der Waals surface area (Å²) in [5.41, 5.74) is 0.661. The monoisotopic (exact) mass is 382 g/mol. The summed E-state index contributed by atoms with van der Waals surface area (Å²) in [5.74, 6) is 0.782. The summed E-state index contributed by atoms with van der Waals surface area (Å²) >= 11 is 1.41. The molecule has 0 saturated carbocycles. The fraction of sp³-hybridized carbons (Fsp3) is 0.611. The lowest BCUT2D eigenvalue weighted by molar-refractivity contribution is -0.185. The zero-order chi connectivity index (χ0) is 18.8. The molecule has 2 aliphatic heterocycles. The van der Waals surface area contributed by atoms with Crippen molar-refractivity contribution >= 4 is 16.9 Å². The van der Waals surface area contributed by atoms with Crippen molar-refractivity contribution in [1.82, 2.24) is 4.90 Å². The molecule has 7 nitrogen and oxygen atoms in total. The standard InChI is InChI=1S/C18H26N2O5S/c1-20(2)18-19-13-14(22)15(23)16(25-17(13)26-18)12(21)9-6-10-4-7-11(24-3)8-5-10/h4-5,7-8,12-17,21-23H,6,9H2,1-3H3/t12-,13-,14-,15+,16-,17-/m1/s1. The van der Waals surface area contributed by atoms with Gasteiger partial charge in [0.1, 0.15) is 35.5 Å². The minimum absolute atomic E-state index is 0.397. The van der Waals surface area contributed by atoms with Crippen LogP contribution in [-0.2, 0) is 11.2 Å². The van der Waals surface area contributed by atoms with E-state index in [9.17, 15) is 15.3 Å². The van der Waals surface area contributed by atoms with Crippen LogP contribution in [0.25, 0.3) is 0 Å². The first-order valence-corrected chi connectivity index (χ1v) is 9.53. The van der Waals surface area contributed by atoms with Gasteiger partial charge in [-0.25, -0.2) is 0 Å². The Labute approximate surface area is 157 Å². The van der Waals surface area contributed by atoms with Crippen LogP contribution in [-0.4, -0.2) is 82.5 Å². The van der Waals surface area contributed by atoms with E-state index in [0.717, 1.165) is 16.5 Å². The van der Waals surface area contributed by atoms with Crippen LogP contribution in [0, 0.1) is 0 Å². The maximum atomic E-state index is 10.5. The molecular formula is C18H26N2O5S. The first kappa shape index (κ1) is 19.4. The number of methoxy groups -OCH3 is 1. The van der Waals surface area contributed by atoms with Crippen LogP contribution >= 0.6 is 11.8 Å². The lowest BCUT2D eigenvalue weighted by Crippen LogP contribution is -2.58. The summed E-state index contributed by atoms with van der Waals surface area (Å²) in [5, 5.41) is 32.1. The van der Waals surface area contributed by atoms with Crippen molar-refractivity contribution in [1.29, 1.82) is 0 Å². The number of aliphatic hydroxyl groups is 3. The summed E-state index contributed by atoms with van der Waals surface area (Å²) in [6, 6.07) is 7.11. The van der Waals surface area contributed by atoms with E-state index in [4.69, 9.17) is 9.47 Å². The molecule has 2 aliphatic rings. The number of ether oxygens (including phenoxy) is 2. The highest BCUT2D eigenvalue weighted by Crippen LogP contribution is 2.38. The predicted octanol–water partition coefficient (Wildman–Crippen LogP) is 0.468. The number of thioether (sulfide) groups is 1. The Morgan fingerprint density at radius 2 is 1.92 bits per heavy atom. The Morgan fingerprint density at radius 3 is 2.54 bits per heavy atom. The Hall–Kier alpha value is -1.32. The molecule has 0 radical (unpaired) electrons. The van der Waals surface area contributed by atoms with E-state index >= 15 is 0 Å². The van der Waals surface area contributed by atoms with E-state index in [1.165, 1.54) is 11.8 Å². The minimum Gasteiger partial charge on any atom is -0.497 e. The number of benzene rings is 1. The molecule has 1 aromatic rings.